The average molecular weight is 359 g/mol. The molecule has 0 spiro atoms. The van der Waals surface area contributed by atoms with Crippen LogP contribution in [0.5, 0.6) is 0 Å². The molecule has 0 aliphatic carbocycles. The Kier molecular flexibility index (Phi) is 6.81. The van der Waals surface area contributed by atoms with Gasteiger partial charge in [-0.1, -0.05) is 0 Å². The van der Waals surface area contributed by atoms with Crippen molar-refractivity contribution in [2.45, 2.75) is 6.92 Å². The number of carboxylic acids is 1. The van der Waals surface area contributed by atoms with Crippen molar-refractivity contribution in [2.24, 2.45) is 0 Å². The van der Waals surface area contributed by atoms with E-state index >= 15 is 0 Å². The summed E-state index contributed by atoms with van der Waals surface area (Å²) in [4.78, 5) is 21.5. The van der Waals surface area contributed by atoms with Gasteiger partial charge in [-0.15, -0.1) is 0 Å². The van der Waals surface area contributed by atoms with E-state index < -0.39 is 5.97 Å². The molecule has 16 heavy (non-hydrogen) atoms. The van der Waals surface area contributed by atoms with E-state index in [0.29, 0.717) is 14.6 Å². The first-order valence-corrected chi connectivity index (χ1v) is 5.49. The van der Waals surface area contributed by atoms with E-state index in [9.17, 15) is 14.7 Å². The van der Waals surface area contributed by atoms with Crippen molar-refractivity contribution in [3.8, 4) is 0 Å². The number of anilines is 1. The second-order valence-corrected chi connectivity index (χ2v) is 4.34. The third-order valence-electron chi connectivity index (χ3n) is 1.61. The predicted octanol–water partition coefficient (Wildman–Crippen LogP) is -1.46. The zero-order valence-corrected chi connectivity index (χ0v) is 13.8. The van der Waals surface area contributed by atoms with E-state index in [-0.39, 0.29) is 41.0 Å². The van der Waals surface area contributed by atoms with Gasteiger partial charge in [0.15, 0.2) is 0 Å². The molecule has 0 bridgehead atoms. The summed E-state index contributed by atoms with van der Waals surface area (Å²) in [6.45, 7) is 1.37. The fourth-order valence-corrected chi connectivity index (χ4v) is 1.95. The van der Waals surface area contributed by atoms with Gasteiger partial charge >= 0.3 is 29.6 Å². The van der Waals surface area contributed by atoms with Crippen LogP contribution < -0.4 is 40.0 Å². The fraction of sp³-hybridized carbons (Fsp3) is 0.111. The molecule has 1 rings (SSSR count). The molecule has 0 fully saturated rings. The van der Waals surface area contributed by atoms with Gasteiger partial charge in [-0.2, -0.15) is 0 Å². The first-order valence-electron chi connectivity index (χ1n) is 3.90. The van der Waals surface area contributed by atoms with Gasteiger partial charge in [-0.3, -0.25) is 4.79 Å². The number of halogens is 2. The Morgan fingerprint density at radius 3 is 2.25 bits per heavy atom. The SMILES string of the molecule is CC(=O)Nc1ccc(C(=O)[O-])c(Br)c1Br.[Na+]. The molecule has 0 aliphatic heterocycles. The maximum atomic E-state index is 10.8. The minimum Gasteiger partial charge on any atom is -0.545 e. The van der Waals surface area contributed by atoms with Crippen molar-refractivity contribution in [3.63, 3.8) is 0 Å². The Balaban J connectivity index is 0.00000225. The number of aromatic carboxylic acids is 1. The molecule has 1 aromatic carbocycles. The number of hydrogen-bond acceptors (Lipinski definition) is 3. The molecule has 0 atom stereocenters. The van der Waals surface area contributed by atoms with E-state index in [2.05, 4.69) is 37.2 Å². The van der Waals surface area contributed by atoms with Gasteiger partial charge < -0.3 is 15.2 Å². The molecule has 0 radical (unpaired) electrons. The van der Waals surface area contributed by atoms with Crippen LogP contribution >= 0.6 is 31.9 Å². The van der Waals surface area contributed by atoms with E-state index in [1.165, 1.54) is 19.1 Å². The summed E-state index contributed by atoms with van der Waals surface area (Å²) >= 11 is 6.28. The number of amides is 1. The summed E-state index contributed by atoms with van der Waals surface area (Å²) in [7, 11) is 0. The van der Waals surface area contributed by atoms with Crippen LogP contribution in [0.15, 0.2) is 21.1 Å². The van der Waals surface area contributed by atoms with Gasteiger partial charge in [-0.25, -0.2) is 0 Å². The van der Waals surface area contributed by atoms with Crippen LogP contribution in [0.2, 0.25) is 0 Å². The predicted molar refractivity (Wildman–Crippen MR) is 60.5 cm³/mol. The van der Waals surface area contributed by atoms with Crippen LogP contribution in [0.4, 0.5) is 5.69 Å². The zero-order chi connectivity index (χ0) is 11.6. The number of benzene rings is 1. The van der Waals surface area contributed by atoms with E-state index in [1.54, 1.807) is 0 Å². The third-order valence-corrected chi connectivity index (χ3v) is 3.79. The molecule has 1 N–H and O–H groups in total. The van der Waals surface area contributed by atoms with Crippen LogP contribution in [0.25, 0.3) is 0 Å². The van der Waals surface area contributed by atoms with Gasteiger partial charge in [-0.05, 0) is 44.0 Å². The van der Waals surface area contributed by atoms with Crippen LogP contribution in [-0.4, -0.2) is 11.9 Å². The second-order valence-electron chi connectivity index (χ2n) is 2.76. The Morgan fingerprint density at radius 2 is 1.81 bits per heavy atom. The van der Waals surface area contributed by atoms with Crippen molar-refractivity contribution in [3.05, 3.63) is 26.6 Å². The number of rotatable bonds is 2. The summed E-state index contributed by atoms with van der Waals surface area (Å²) in [5.41, 5.74) is 0.523. The Labute approximate surface area is 131 Å². The quantitative estimate of drug-likeness (QED) is 0.657. The second kappa shape index (κ2) is 6.76. The molecule has 0 saturated heterocycles. The maximum Gasteiger partial charge on any atom is 1.00 e. The molecule has 4 nitrogen and oxygen atoms in total. The first kappa shape index (κ1) is 16.1. The van der Waals surface area contributed by atoms with Gasteiger partial charge in [0, 0.05) is 17.0 Å². The van der Waals surface area contributed by atoms with Crippen LogP contribution in [-0.2, 0) is 4.79 Å². The molecule has 7 heteroatoms. The van der Waals surface area contributed by atoms with E-state index in [1.807, 2.05) is 0 Å². The molecule has 1 amide bonds. The average Bonchev–Trinajstić information content (AvgIpc) is 2.12. The van der Waals surface area contributed by atoms with E-state index in [0.717, 1.165) is 0 Å². The number of carbonyl (C=O) groups is 2. The van der Waals surface area contributed by atoms with Crippen molar-refractivity contribution in [1.29, 1.82) is 0 Å². The summed E-state index contributed by atoms with van der Waals surface area (Å²) in [5, 5.41) is 13.2. The fourth-order valence-electron chi connectivity index (χ4n) is 0.993. The number of carbonyl (C=O) groups excluding carboxylic acids is 2. The van der Waals surface area contributed by atoms with Crippen molar-refractivity contribution >= 4 is 49.4 Å². The standard InChI is InChI=1S/C9H7Br2NO3.Na/c1-4(13)12-6-3-2-5(9(14)15)7(10)8(6)11;/h2-3H,1H3,(H,12,13)(H,14,15);/q;+1/p-1. The van der Waals surface area contributed by atoms with Gasteiger partial charge in [0.05, 0.1) is 16.1 Å². The Morgan fingerprint density at radius 1 is 1.25 bits per heavy atom. The zero-order valence-electron chi connectivity index (χ0n) is 8.64. The minimum atomic E-state index is -1.28. The molecular weight excluding hydrogens is 353 g/mol. The monoisotopic (exact) mass is 357 g/mol. The molecule has 80 valence electrons. The summed E-state index contributed by atoms with van der Waals surface area (Å²) in [6, 6.07) is 2.84. The topological polar surface area (TPSA) is 69.2 Å². The number of nitrogens with one attached hydrogen (secondary N) is 1. The minimum absolute atomic E-state index is 0. The molecule has 1 aromatic rings. The van der Waals surface area contributed by atoms with Crippen LogP contribution in [0.3, 0.4) is 0 Å². The first-order chi connectivity index (χ1) is 6.93. The van der Waals surface area contributed by atoms with Crippen LogP contribution in [0, 0.1) is 0 Å². The molecule has 0 aromatic heterocycles. The van der Waals surface area contributed by atoms with Crippen molar-refractivity contribution < 1.29 is 44.3 Å². The molecule has 0 aliphatic rings. The summed E-state index contributed by atoms with van der Waals surface area (Å²) in [6.07, 6.45) is 0. The molecule has 0 heterocycles. The number of hydrogen-bond donors (Lipinski definition) is 1. The summed E-state index contributed by atoms with van der Waals surface area (Å²) in [5.74, 6) is -1.51. The third kappa shape index (κ3) is 3.85. The number of carboxylic acid groups (broad SMARTS) is 1. The van der Waals surface area contributed by atoms with Crippen molar-refractivity contribution in [2.75, 3.05) is 5.32 Å². The van der Waals surface area contributed by atoms with Gasteiger partial charge in [0.2, 0.25) is 5.91 Å². The Bertz CT molecular complexity index is 437. The smallest absolute Gasteiger partial charge is 0.545 e. The Hall–Kier alpha value is 0.120. The maximum absolute atomic E-state index is 10.8. The van der Waals surface area contributed by atoms with Crippen LogP contribution in [0.1, 0.15) is 17.3 Å². The van der Waals surface area contributed by atoms with E-state index in [4.69, 9.17) is 0 Å². The molecular formula is C9H6Br2NNaO3. The molecule has 0 saturated carbocycles. The van der Waals surface area contributed by atoms with Gasteiger partial charge in [0.1, 0.15) is 0 Å². The summed E-state index contributed by atoms with van der Waals surface area (Å²) < 4.78 is 0.813. The largest absolute Gasteiger partial charge is 1.00 e. The molecule has 0 unspecified atom stereocenters. The normalized spacial score (nSPS) is 9.19. The van der Waals surface area contributed by atoms with Crippen molar-refractivity contribution in [1.82, 2.24) is 0 Å². The van der Waals surface area contributed by atoms with Gasteiger partial charge in [0.25, 0.3) is 0 Å².